The normalized spacial score (nSPS) is 13.6. The van der Waals surface area contributed by atoms with Crippen molar-refractivity contribution in [3.8, 4) is 0 Å². The molecule has 2 N–H and O–H groups in total. The maximum atomic E-state index is 12.1. The molecule has 1 rings (SSSR count). The highest BCUT2D eigenvalue weighted by atomic mass is 19.4. The Labute approximate surface area is 91.3 Å². The van der Waals surface area contributed by atoms with Crippen molar-refractivity contribution in [2.24, 2.45) is 0 Å². The van der Waals surface area contributed by atoms with Gasteiger partial charge in [-0.05, 0) is 6.92 Å². The van der Waals surface area contributed by atoms with Crippen LogP contribution in [0.25, 0.3) is 0 Å². The van der Waals surface area contributed by atoms with Gasteiger partial charge in [-0.1, -0.05) is 6.92 Å². The smallest absolute Gasteiger partial charge is 0.318 e. The van der Waals surface area contributed by atoms with E-state index < -0.39 is 12.2 Å². The molecule has 0 unspecified atom stereocenters. The second-order valence-electron chi connectivity index (χ2n) is 3.27. The number of nitrogens with one attached hydrogen (secondary N) is 2. The molecule has 0 fully saturated rings. The van der Waals surface area contributed by atoms with E-state index in [9.17, 15) is 13.2 Å². The van der Waals surface area contributed by atoms with Gasteiger partial charge in [0.15, 0.2) is 0 Å². The zero-order valence-corrected chi connectivity index (χ0v) is 8.97. The maximum Gasteiger partial charge on any atom is 0.405 e. The van der Waals surface area contributed by atoms with Crippen LogP contribution < -0.4 is 10.9 Å². The third-order valence-corrected chi connectivity index (χ3v) is 1.95. The summed E-state index contributed by atoms with van der Waals surface area (Å²) in [6.07, 6.45) is -0.728. The first-order chi connectivity index (χ1) is 7.43. The summed E-state index contributed by atoms with van der Waals surface area (Å²) in [5, 5.41) is 0. The van der Waals surface area contributed by atoms with Crippen LogP contribution in [0.15, 0.2) is 12.4 Å². The molecule has 0 radical (unpaired) electrons. The van der Waals surface area contributed by atoms with E-state index in [0.717, 1.165) is 6.92 Å². The van der Waals surface area contributed by atoms with E-state index in [0.29, 0.717) is 17.9 Å². The van der Waals surface area contributed by atoms with E-state index in [-0.39, 0.29) is 0 Å². The van der Waals surface area contributed by atoms with E-state index in [4.69, 9.17) is 0 Å². The number of nitrogens with zero attached hydrogens (tertiary/aromatic N) is 2. The van der Waals surface area contributed by atoms with E-state index >= 15 is 0 Å². The minimum Gasteiger partial charge on any atom is -0.318 e. The molecule has 4 nitrogen and oxygen atoms in total. The maximum absolute atomic E-state index is 12.1. The molecule has 90 valence electrons. The van der Waals surface area contributed by atoms with Gasteiger partial charge in [0.2, 0.25) is 0 Å². The molecule has 0 amide bonds. The second-order valence-corrected chi connectivity index (χ2v) is 3.27. The summed E-state index contributed by atoms with van der Waals surface area (Å²) in [5.41, 5.74) is 4.93. The van der Waals surface area contributed by atoms with Crippen LogP contribution in [0.3, 0.4) is 0 Å². The molecule has 1 aromatic rings. The monoisotopic (exact) mass is 234 g/mol. The average Bonchev–Trinajstić information content (AvgIpc) is 2.25. The Kier molecular flexibility index (Phi) is 4.05. The van der Waals surface area contributed by atoms with Crippen molar-refractivity contribution in [3.63, 3.8) is 0 Å². The highest BCUT2D eigenvalue weighted by molar-refractivity contribution is 5.36. The van der Waals surface area contributed by atoms with Crippen LogP contribution >= 0.6 is 0 Å². The van der Waals surface area contributed by atoms with Gasteiger partial charge in [0, 0.05) is 6.42 Å². The Hall–Kier alpha value is -1.37. The van der Waals surface area contributed by atoms with E-state index in [1.54, 1.807) is 0 Å². The van der Waals surface area contributed by atoms with Gasteiger partial charge in [-0.25, -0.2) is 15.4 Å². The topological polar surface area (TPSA) is 49.8 Å². The van der Waals surface area contributed by atoms with E-state index in [1.165, 1.54) is 12.4 Å². The number of hydrogen-bond donors (Lipinski definition) is 2. The summed E-state index contributed by atoms with van der Waals surface area (Å²) in [4.78, 5) is 7.88. The van der Waals surface area contributed by atoms with Crippen LogP contribution in [0.4, 0.5) is 18.9 Å². The first-order valence-corrected chi connectivity index (χ1v) is 4.82. The molecule has 1 atom stereocenters. The lowest BCUT2D eigenvalue weighted by Crippen LogP contribution is -2.42. The van der Waals surface area contributed by atoms with Crippen molar-refractivity contribution in [2.75, 3.05) is 5.43 Å². The van der Waals surface area contributed by atoms with Gasteiger partial charge in [0.1, 0.15) is 11.9 Å². The molecule has 0 aliphatic carbocycles. The van der Waals surface area contributed by atoms with Gasteiger partial charge in [-0.3, -0.25) is 0 Å². The number of hydrogen-bond acceptors (Lipinski definition) is 4. The first-order valence-electron chi connectivity index (χ1n) is 4.82. The summed E-state index contributed by atoms with van der Waals surface area (Å²) in [7, 11) is 0. The molecule has 1 heterocycles. The van der Waals surface area contributed by atoms with Crippen LogP contribution in [-0.4, -0.2) is 22.2 Å². The third kappa shape index (κ3) is 3.65. The van der Waals surface area contributed by atoms with Crippen LogP contribution in [0, 0.1) is 0 Å². The molecular weight excluding hydrogens is 221 g/mol. The van der Waals surface area contributed by atoms with Gasteiger partial charge in [-0.15, -0.1) is 0 Å². The summed E-state index contributed by atoms with van der Waals surface area (Å²) in [6.45, 7) is 2.92. The quantitative estimate of drug-likeness (QED) is 0.781. The summed E-state index contributed by atoms with van der Waals surface area (Å²) in [5.74, 6) is 0.648. The third-order valence-electron chi connectivity index (χ3n) is 1.95. The molecule has 1 aromatic heterocycles. The van der Waals surface area contributed by atoms with Crippen molar-refractivity contribution in [2.45, 2.75) is 32.5 Å². The number of alkyl halides is 3. The fraction of sp³-hybridized carbons (Fsp3) is 0.556. The van der Waals surface area contributed by atoms with Crippen molar-refractivity contribution >= 4 is 5.69 Å². The minimum absolute atomic E-state index is 0.397. The number of rotatable bonds is 4. The van der Waals surface area contributed by atoms with Gasteiger partial charge >= 0.3 is 6.18 Å². The second kappa shape index (κ2) is 5.11. The molecule has 0 spiro atoms. The zero-order valence-electron chi connectivity index (χ0n) is 8.97. The average molecular weight is 234 g/mol. The molecule has 0 bridgehead atoms. The molecule has 7 heteroatoms. The molecule has 0 aliphatic rings. The summed E-state index contributed by atoms with van der Waals surface area (Å²) < 4.78 is 36.4. The zero-order chi connectivity index (χ0) is 12.2. The standard InChI is InChI=1S/C9H13F3N4/c1-3-8-13-4-7(5-14-8)16-15-6(2)9(10,11)12/h4-6,15-16H,3H2,1-2H3/t6-/m0/s1. The largest absolute Gasteiger partial charge is 0.405 e. The Balaban J connectivity index is 2.48. The van der Waals surface area contributed by atoms with Crippen molar-refractivity contribution in [3.05, 3.63) is 18.2 Å². The number of halogens is 3. The number of hydrazine groups is 1. The molecule has 0 saturated heterocycles. The van der Waals surface area contributed by atoms with E-state index in [2.05, 4.69) is 20.8 Å². The Bertz CT molecular complexity index is 323. The number of anilines is 1. The molecule has 16 heavy (non-hydrogen) atoms. The number of aryl methyl sites for hydroxylation is 1. The van der Waals surface area contributed by atoms with Crippen LogP contribution in [0.2, 0.25) is 0 Å². The Morgan fingerprint density at radius 3 is 2.31 bits per heavy atom. The SMILES string of the molecule is CCc1ncc(NN[C@@H](C)C(F)(F)F)cn1. The van der Waals surface area contributed by atoms with Crippen LogP contribution in [0.1, 0.15) is 19.7 Å². The lowest BCUT2D eigenvalue weighted by atomic mass is 10.3. The Morgan fingerprint density at radius 2 is 1.88 bits per heavy atom. The van der Waals surface area contributed by atoms with Crippen LogP contribution in [-0.2, 0) is 6.42 Å². The minimum atomic E-state index is -4.28. The van der Waals surface area contributed by atoms with E-state index in [1.807, 2.05) is 6.92 Å². The lowest BCUT2D eigenvalue weighted by Gasteiger charge is -2.18. The van der Waals surface area contributed by atoms with Gasteiger partial charge in [-0.2, -0.15) is 13.2 Å². The van der Waals surface area contributed by atoms with Crippen molar-refractivity contribution in [1.29, 1.82) is 0 Å². The molecular formula is C9H13F3N4. The Morgan fingerprint density at radius 1 is 1.31 bits per heavy atom. The fourth-order valence-corrected chi connectivity index (χ4v) is 0.875. The molecule has 0 saturated carbocycles. The highest BCUT2D eigenvalue weighted by Crippen LogP contribution is 2.19. The fourth-order valence-electron chi connectivity index (χ4n) is 0.875. The van der Waals surface area contributed by atoms with Gasteiger partial charge in [0.25, 0.3) is 0 Å². The summed E-state index contributed by atoms with van der Waals surface area (Å²) in [6, 6.07) is -1.64. The predicted molar refractivity (Wildman–Crippen MR) is 53.7 cm³/mol. The van der Waals surface area contributed by atoms with Crippen molar-refractivity contribution in [1.82, 2.24) is 15.4 Å². The van der Waals surface area contributed by atoms with Gasteiger partial charge < -0.3 is 5.43 Å². The summed E-state index contributed by atoms with van der Waals surface area (Å²) >= 11 is 0. The van der Waals surface area contributed by atoms with Gasteiger partial charge in [0.05, 0.1) is 18.1 Å². The molecule has 0 aliphatic heterocycles. The number of aromatic nitrogens is 2. The lowest BCUT2D eigenvalue weighted by molar-refractivity contribution is -0.150. The molecule has 0 aromatic carbocycles. The van der Waals surface area contributed by atoms with Crippen molar-refractivity contribution < 1.29 is 13.2 Å². The predicted octanol–water partition coefficient (Wildman–Crippen LogP) is 1.91. The first kappa shape index (κ1) is 12.7. The highest BCUT2D eigenvalue weighted by Gasteiger charge is 2.35. The van der Waals surface area contributed by atoms with Crippen LogP contribution in [0.5, 0.6) is 0 Å².